The number of phenolic OH excluding ortho intramolecular Hbond substituents is 1. The molecule has 0 amide bonds. The molecular formula is C20H18ClNO3. The molecule has 0 aliphatic heterocycles. The number of phenols is 1. The van der Waals surface area contributed by atoms with E-state index in [9.17, 15) is 9.90 Å². The molecule has 4 rings (SSSR count). The summed E-state index contributed by atoms with van der Waals surface area (Å²) in [6.45, 7) is 1.00. The van der Waals surface area contributed by atoms with Crippen LogP contribution in [0.4, 0.5) is 0 Å². The topological polar surface area (TPSA) is 62.5 Å². The first kappa shape index (κ1) is 16.2. The standard InChI is InChI=1S/C20H18ClNO3/c21-13-4-1-3-12(9-13)10-22-11-17-18(23)8-7-15-14-5-2-6-16(14)20(24)25-19(15)17/h1,3-4,7-9,22-23H,2,5-6,10-11H2. The Morgan fingerprint density at radius 2 is 1.96 bits per heavy atom. The molecule has 2 N–H and O–H groups in total. The van der Waals surface area contributed by atoms with E-state index in [1.54, 1.807) is 6.07 Å². The molecule has 0 spiro atoms. The van der Waals surface area contributed by atoms with Crippen molar-refractivity contribution in [3.63, 3.8) is 0 Å². The van der Waals surface area contributed by atoms with Gasteiger partial charge < -0.3 is 14.8 Å². The van der Waals surface area contributed by atoms with Crippen molar-refractivity contribution in [2.45, 2.75) is 32.4 Å². The van der Waals surface area contributed by atoms with Gasteiger partial charge in [0.25, 0.3) is 0 Å². The van der Waals surface area contributed by atoms with E-state index in [1.807, 2.05) is 30.3 Å². The van der Waals surface area contributed by atoms with Crippen molar-refractivity contribution in [1.29, 1.82) is 0 Å². The van der Waals surface area contributed by atoms with Gasteiger partial charge in [0.15, 0.2) is 0 Å². The summed E-state index contributed by atoms with van der Waals surface area (Å²) >= 11 is 6.00. The lowest BCUT2D eigenvalue weighted by molar-refractivity contribution is 0.460. The number of nitrogens with one attached hydrogen (secondary N) is 1. The summed E-state index contributed by atoms with van der Waals surface area (Å²) in [5.41, 5.74) is 3.74. The molecule has 0 saturated heterocycles. The van der Waals surface area contributed by atoms with Crippen LogP contribution in [-0.4, -0.2) is 5.11 Å². The highest BCUT2D eigenvalue weighted by atomic mass is 35.5. The van der Waals surface area contributed by atoms with Gasteiger partial charge in [-0.25, -0.2) is 4.79 Å². The first-order valence-corrected chi connectivity index (χ1v) is 8.76. The first-order valence-electron chi connectivity index (χ1n) is 8.38. The average Bonchev–Trinajstić information content (AvgIpc) is 3.08. The lowest BCUT2D eigenvalue weighted by atomic mass is 10.0. The molecule has 5 heteroatoms. The van der Waals surface area contributed by atoms with E-state index >= 15 is 0 Å². The Labute approximate surface area is 150 Å². The maximum absolute atomic E-state index is 12.2. The third-order valence-corrected chi connectivity index (χ3v) is 4.97. The zero-order chi connectivity index (χ0) is 17.4. The number of hydrogen-bond donors (Lipinski definition) is 2. The van der Waals surface area contributed by atoms with E-state index in [2.05, 4.69) is 5.32 Å². The molecule has 2 aromatic carbocycles. The molecule has 1 heterocycles. The Kier molecular flexibility index (Phi) is 4.24. The van der Waals surface area contributed by atoms with Gasteiger partial charge >= 0.3 is 5.63 Å². The molecule has 4 nitrogen and oxygen atoms in total. The van der Waals surface area contributed by atoms with Gasteiger partial charge in [0, 0.05) is 29.1 Å². The van der Waals surface area contributed by atoms with Crippen molar-refractivity contribution in [2.24, 2.45) is 0 Å². The number of hydrogen-bond acceptors (Lipinski definition) is 4. The van der Waals surface area contributed by atoms with Crippen molar-refractivity contribution in [1.82, 2.24) is 5.32 Å². The fourth-order valence-corrected chi connectivity index (χ4v) is 3.75. The molecular weight excluding hydrogens is 338 g/mol. The van der Waals surface area contributed by atoms with Crippen LogP contribution >= 0.6 is 11.6 Å². The Bertz CT molecular complexity index is 1010. The largest absolute Gasteiger partial charge is 0.507 e. The summed E-state index contributed by atoms with van der Waals surface area (Å²) in [4.78, 5) is 12.2. The normalized spacial score (nSPS) is 13.3. The van der Waals surface area contributed by atoms with Crippen LogP contribution in [0.2, 0.25) is 5.02 Å². The molecule has 3 aromatic rings. The van der Waals surface area contributed by atoms with Crippen LogP contribution in [0.1, 0.15) is 28.7 Å². The molecule has 0 unspecified atom stereocenters. The van der Waals surface area contributed by atoms with Crippen molar-refractivity contribution >= 4 is 22.6 Å². The quantitative estimate of drug-likeness (QED) is 0.696. The van der Waals surface area contributed by atoms with Gasteiger partial charge in [0.2, 0.25) is 0 Å². The van der Waals surface area contributed by atoms with E-state index in [4.69, 9.17) is 16.0 Å². The van der Waals surface area contributed by atoms with Gasteiger partial charge in [-0.3, -0.25) is 0 Å². The van der Waals surface area contributed by atoms with Crippen LogP contribution < -0.4 is 10.9 Å². The molecule has 0 atom stereocenters. The molecule has 0 bridgehead atoms. The van der Waals surface area contributed by atoms with Crippen LogP contribution in [0, 0.1) is 0 Å². The number of aromatic hydroxyl groups is 1. The minimum atomic E-state index is -0.276. The summed E-state index contributed by atoms with van der Waals surface area (Å²) in [6.07, 6.45) is 2.64. The third-order valence-electron chi connectivity index (χ3n) is 4.74. The summed E-state index contributed by atoms with van der Waals surface area (Å²) in [5, 5.41) is 15.2. The van der Waals surface area contributed by atoms with Crippen LogP contribution in [0.3, 0.4) is 0 Å². The fraction of sp³-hybridized carbons (Fsp3) is 0.250. The minimum Gasteiger partial charge on any atom is -0.507 e. The van der Waals surface area contributed by atoms with Crippen molar-refractivity contribution in [3.8, 4) is 5.75 Å². The smallest absolute Gasteiger partial charge is 0.339 e. The highest BCUT2D eigenvalue weighted by Crippen LogP contribution is 2.33. The average molecular weight is 356 g/mol. The second-order valence-corrected chi connectivity index (χ2v) is 6.81. The molecule has 0 radical (unpaired) electrons. The second-order valence-electron chi connectivity index (χ2n) is 6.37. The maximum Gasteiger partial charge on any atom is 0.339 e. The number of fused-ring (bicyclic) bond motifs is 3. The van der Waals surface area contributed by atoms with E-state index in [-0.39, 0.29) is 11.4 Å². The Hall–Kier alpha value is -2.30. The molecule has 0 saturated carbocycles. The van der Waals surface area contributed by atoms with E-state index in [1.165, 1.54) is 0 Å². The zero-order valence-electron chi connectivity index (χ0n) is 13.6. The SMILES string of the molecule is O=c1oc2c(CNCc3cccc(Cl)c3)c(O)ccc2c2c1CCC2. The van der Waals surface area contributed by atoms with Crippen molar-refractivity contribution in [3.05, 3.63) is 74.1 Å². The minimum absolute atomic E-state index is 0.132. The van der Waals surface area contributed by atoms with Crippen molar-refractivity contribution < 1.29 is 9.52 Å². The monoisotopic (exact) mass is 355 g/mol. The van der Waals surface area contributed by atoms with Crippen LogP contribution in [0.15, 0.2) is 45.6 Å². The van der Waals surface area contributed by atoms with Gasteiger partial charge in [-0.2, -0.15) is 0 Å². The summed E-state index contributed by atoms with van der Waals surface area (Å²) in [5.74, 6) is 0.132. The lowest BCUT2D eigenvalue weighted by Crippen LogP contribution is -2.14. The molecule has 25 heavy (non-hydrogen) atoms. The van der Waals surface area contributed by atoms with Crippen LogP contribution in [-0.2, 0) is 25.9 Å². The van der Waals surface area contributed by atoms with Gasteiger partial charge in [0.05, 0.1) is 5.56 Å². The maximum atomic E-state index is 12.2. The number of halogens is 1. The van der Waals surface area contributed by atoms with Crippen LogP contribution in [0.5, 0.6) is 5.75 Å². The number of aryl methyl sites for hydroxylation is 1. The summed E-state index contributed by atoms with van der Waals surface area (Å²) in [7, 11) is 0. The number of rotatable bonds is 4. The van der Waals surface area contributed by atoms with E-state index in [0.717, 1.165) is 41.3 Å². The Morgan fingerprint density at radius 3 is 2.80 bits per heavy atom. The molecule has 128 valence electrons. The zero-order valence-corrected chi connectivity index (χ0v) is 14.4. The van der Waals surface area contributed by atoms with Gasteiger partial charge in [-0.1, -0.05) is 23.7 Å². The Morgan fingerprint density at radius 1 is 1.12 bits per heavy atom. The predicted molar refractivity (Wildman–Crippen MR) is 98.2 cm³/mol. The van der Waals surface area contributed by atoms with Crippen LogP contribution in [0.25, 0.3) is 11.0 Å². The second kappa shape index (κ2) is 6.54. The van der Waals surface area contributed by atoms with Gasteiger partial charge in [-0.05, 0) is 54.7 Å². The molecule has 1 aliphatic rings. The lowest BCUT2D eigenvalue weighted by Gasteiger charge is -2.11. The summed E-state index contributed by atoms with van der Waals surface area (Å²) in [6, 6.07) is 11.1. The highest BCUT2D eigenvalue weighted by molar-refractivity contribution is 6.30. The predicted octanol–water partition coefficient (Wildman–Crippen LogP) is 3.93. The first-order chi connectivity index (χ1) is 12.1. The highest BCUT2D eigenvalue weighted by Gasteiger charge is 2.21. The van der Waals surface area contributed by atoms with Crippen molar-refractivity contribution in [2.75, 3.05) is 0 Å². The van der Waals surface area contributed by atoms with Gasteiger partial charge in [-0.15, -0.1) is 0 Å². The van der Waals surface area contributed by atoms with Gasteiger partial charge in [0.1, 0.15) is 11.3 Å². The number of benzene rings is 2. The fourth-order valence-electron chi connectivity index (χ4n) is 3.54. The Balaban J connectivity index is 1.66. The third kappa shape index (κ3) is 3.03. The molecule has 1 aromatic heterocycles. The van der Waals surface area contributed by atoms with E-state index in [0.29, 0.717) is 29.3 Å². The summed E-state index contributed by atoms with van der Waals surface area (Å²) < 4.78 is 5.56. The molecule has 0 fully saturated rings. The molecule has 1 aliphatic carbocycles. The van der Waals surface area contributed by atoms with E-state index < -0.39 is 0 Å².